The van der Waals surface area contributed by atoms with E-state index in [0.29, 0.717) is 18.0 Å². The molecule has 0 radical (unpaired) electrons. The van der Waals surface area contributed by atoms with Gasteiger partial charge in [-0.15, -0.1) is 11.6 Å². The molecule has 86 valence electrons. The summed E-state index contributed by atoms with van der Waals surface area (Å²) in [6.45, 7) is 1.79. The molecule has 1 saturated carbocycles. The number of pyridine rings is 1. The number of halogens is 1. The number of rotatable bonds is 4. The maximum Gasteiger partial charge on any atom is 0.291 e. The smallest absolute Gasteiger partial charge is 0.258 e. The summed E-state index contributed by atoms with van der Waals surface area (Å²) in [5, 5.41) is 10.8. The van der Waals surface area contributed by atoms with E-state index in [1.54, 1.807) is 19.2 Å². The van der Waals surface area contributed by atoms with E-state index in [0.717, 1.165) is 18.4 Å². The van der Waals surface area contributed by atoms with E-state index in [1.807, 2.05) is 0 Å². The second-order valence-corrected chi connectivity index (χ2v) is 4.85. The van der Waals surface area contributed by atoms with Gasteiger partial charge in [-0.1, -0.05) is 0 Å². The first-order chi connectivity index (χ1) is 7.58. The van der Waals surface area contributed by atoms with Crippen LogP contribution in [0.25, 0.3) is 0 Å². The van der Waals surface area contributed by atoms with E-state index in [9.17, 15) is 10.1 Å². The highest BCUT2D eigenvalue weighted by Gasteiger charge is 2.31. The van der Waals surface area contributed by atoms with Crippen molar-refractivity contribution in [3.05, 3.63) is 33.6 Å². The molecule has 5 heteroatoms. The van der Waals surface area contributed by atoms with Crippen molar-refractivity contribution >= 4 is 17.3 Å². The molecule has 1 heterocycles. The monoisotopic (exact) mass is 240 g/mol. The van der Waals surface area contributed by atoms with Crippen LogP contribution in [0.3, 0.4) is 0 Å². The lowest BCUT2D eigenvalue weighted by atomic mass is 10.1. The van der Waals surface area contributed by atoms with E-state index in [1.165, 1.54) is 0 Å². The Bertz CT molecular complexity index is 418. The van der Waals surface area contributed by atoms with Crippen molar-refractivity contribution in [1.29, 1.82) is 0 Å². The van der Waals surface area contributed by atoms with Gasteiger partial charge in [0.1, 0.15) is 5.69 Å². The van der Waals surface area contributed by atoms with Crippen LogP contribution in [-0.2, 0) is 6.42 Å². The lowest BCUT2D eigenvalue weighted by Crippen LogP contribution is -2.09. The maximum atomic E-state index is 10.9. The molecule has 0 aromatic carbocycles. The summed E-state index contributed by atoms with van der Waals surface area (Å²) in [5.41, 5.74) is 1.39. The minimum absolute atomic E-state index is 0.0195. The summed E-state index contributed by atoms with van der Waals surface area (Å²) >= 11 is 6.17. The average Bonchev–Trinajstić information content (AvgIpc) is 3.03. The van der Waals surface area contributed by atoms with Gasteiger partial charge in [0.15, 0.2) is 0 Å². The van der Waals surface area contributed by atoms with Gasteiger partial charge in [-0.2, -0.15) is 0 Å². The molecule has 1 fully saturated rings. The molecule has 0 bridgehead atoms. The molecule has 0 saturated heterocycles. The van der Waals surface area contributed by atoms with Gasteiger partial charge in [0.05, 0.1) is 4.92 Å². The van der Waals surface area contributed by atoms with Crippen molar-refractivity contribution in [2.75, 3.05) is 0 Å². The van der Waals surface area contributed by atoms with Crippen LogP contribution in [-0.4, -0.2) is 15.3 Å². The van der Waals surface area contributed by atoms with Crippen molar-refractivity contribution in [2.45, 2.75) is 31.6 Å². The molecule has 0 aliphatic heterocycles. The van der Waals surface area contributed by atoms with Crippen LogP contribution in [0.2, 0.25) is 0 Å². The number of alkyl halides is 1. The number of nitro groups is 1. The van der Waals surface area contributed by atoms with E-state index in [-0.39, 0.29) is 16.0 Å². The first kappa shape index (κ1) is 11.3. The van der Waals surface area contributed by atoms with E-state index >= 15 is 0 Å². The zero-order valence-corrected chi connectivity index (χ0v) is 9.78. The number of aryl methyl sites for hydroxylation is 1. The van der Waals surface area contributed by atoms with Gasteiger partial charge >= 0.3 is 0 Å². The molecule has 4 nitrogen and oxygen atoms in total. The third kappa shape index (κ3) is 2.50. The first-order valence-corrected chi connectivity index (χ1v) is 5.75. The summed E-state index contributed by atoms with van der Waals surface area (Å²) in [4.78, 5) is 14.6. The fraction of sp³-hybridized carbons (Fsp3) is 0.545. The third-order valence-corrected chi connectivity index (χ3v) is 3.31. The first-order valence-electron chi connectivity index (χ1n) is 5.32. The summed E-state index contributed by atoms with van der Waals surface area (Å²) in [7, 11) is 0. The van der Waals surface area contributed by atoms with Crippen LogP contribution < -0.4 is 0 Å². The topological polar surface area (TPSA) is 56.0 Å². The number of hydrogen-bond acceptors (Lipinski definition) is 3. The van der Waals surface area contributed by atoms with Crippen molar-refractivity contribution in [3.63, 3.8) is 0 Å². The summed E-state index contributed by atoms with van der Waals surface area (Å²) in [5.74, 6) is 0.518. The Kier molecular flexibility index (Phi) is 3.10. The third-order valence-electron chi connectivity index (χ3n) is 2.80. The lowest BCUT2D eigenvalue weighted by Gasteiger charge is -2.07. The molecule has 1 aliphatic rings. The van der Waals surface area contributed by atoms with Crippen LogP contribution in [0.1, 0.15) is 24.1 Å². The predicted molar refractivity (Wildman–Crippen MR) is 61.7 cm³/mol. The van der Waals surface area contributed by atoms with Crippen molar-refractivity contribution in [1.82, 2.24) is 4.98 Å². The molecule has 1 aromatic rings. The molecule has 1 unspecified atom stereocenters. The Labute approximate surface area is 98.8 Å². The fourth-order valence-electron chi connectivity index (χ4n) is 1.71. The summed E-state index contributed by atoms with van der Waals surface area (Å²) in [6.07, 6.45) is 4.41. The molecular formula is C11H13ClN2O2. The fourth-order valence-corrected chi connectivity index (χ4v) is 2.10. The quantitative estimate of drug-likeness (QED) is 0.462. The molecular weight excluding hydrogens is 228 g/mol. The number of nitrogens with zero attached hydrogens (tertiary/aromatic N) is 2. The lowest BCUT2D eigenvalue weighted by molar-refractivity contribution is -0.386. The number of aromatic nitrogens is 1. The van der Waals surface area contributed by atoms with Crippen molar-refractivity contribution in [2.24, 2.45) is 5.92 Å². The summed E-state index contributed by atoms with van der Waals surface area (Å²) in [6, 6.07) is 1.55. The van der Waals surface area contributed by atoms with Gasteiger partial charge in [0.2, 0.25) is 0 Å². The van der Waals surface area contributed by atoms with Crippen molar-refractivity contribution < 1.29 is 4.92 Å². The maximum absolute atomic E-state index is 10.9. The van der Waals surface area contributed by atoms with Gasteiger partial charge in [-0.25, -0.2) is 0 Å². The average molecular weight is 241 g/mol. The molecule has 2 rings (SSSR count). The highest BCUT2D eigenvalue weighted by atomic mass is 35.5. The standard InChI is InChI=1S/C11H13ClN2O2/c1-7-4-11(14(15)16)10(13-6-7)5-9(12)8-2-3-8/h4,6,8-9H,2-3,5H2,1H3. The molecule has 0 spiro atoms. The molecule has 1 aliphatic carbocycles. The zero-order valence-electron chi connectivity index (χ0n) is 9.02. The van der Waals surface area contributed by atoms with Gasteiger partial charge in [0, 0.05) is 24.1 Å². The Morgan fingerprint density at radius 2 is 2.38 bits per heavy atom. The SMILES string of the molecule is Cc1cnc(CC(Cl)C2CC2)c([N+](=O)[O-])c1. The number of hydrogen-bond donors (Lipinski definition) is 0. The van der Waals surface area contributed by atoms with Crippen LogP contribution in [0.15, 0.2) is 12.3 Å². The Morgan fingerprint density at radius 3 is 2.94 bits per heavy atom. The van der Waals surface area contributed by atoms with Crippen LogP contribution >= 0.6 is 11.6 Å². The van der Waals surface area contributed by atoms with Gasteiger partial charge in [0.25, 0.3) is 5.69 Å². The predicted octanol–water partition coefficient (Wildman–Crippen LogP) is 2.86. The minimum atomic E-state index is -0.383. The second kappa shape index (κ2) is 4.37. The molecule has 0 N–H and O–H groups in total. The minimum Gasteiger partial charge on any atom is -0.258 e. The molecule has 1 aromatic heterocycles. The van der Waals surface area contributed by atoms with Crippen LogP contribution in [0.5, 0.6) is 0 Å². The second-order valence-electron chi connectivity index (χ2n) is 4.29. The Balaban J connectivity index is 2.21. The zero-order chi connectivity index (χ0) is 11.7. The van der Waals surface area contributed by atoms with Gasteiger partial charge < -0.3 is 0 Å². The largest absolute Gasteiger partial charge is 0.291 e. The van der Waals surface area contributed by atoms with E-state index < -0.39 is 0 Å². The van der Waals surface area contributed by atoms with E-state index in [4.69, 9.17) is 11.6 Å². The normalized spacial score (nSPS) is 17.1. The van der Waals surface area contributed by atoms with Crippen LogP contribution in [0, 0.1) is 23.0 Å². The van der Waals surface area contributed by atoms with Crippen molar-refractivity contribution in [3.8, 4) is 0 Å². The molecule has 0 amide bonds. The van der Waals surface area contributed by atoms with Crippen LogP contribution in [0.4, 0.5) is 5.69 Å². The Morgan fingerprint density at radius 1 is 1.69 bits per heavy atom. The molecule has 1 atom stereocenters. The Hall–Kier alpha value is -1.16. The van der Waals surface area contributed by atoms with Gasteiger partial charge in [-0.05, 0) is 31.2 Å². The van der Waals surface area contributed by atoms with E-state index in [2.05, 4.69) is 4.98 Å². The summed E-state index contributed by atoms with van der Waals surface area (Å²) < 4.78 is 0. The molecule has 16 heavy (non-hydrogen) atoms. The highest BCUT2D eigenvalue weighted by molar-refractivity contribution is 6.21. The highest BCUT2D eigenvalue weighted by Crippen LogP contribution is 2.37. The van der Waals surface area contributed by atoms with Gasteiger partial charge in [-0.3, -0.25) is 15.1 Å².